The third-order valence-corrected chi connectivity index (χ3v) is 2.83. The van der Waals surface area contributed by atoms with E-state index in [1.807, 2.05) is 6.92 Å². The van der Waals surface area contributed by atoms with Crippen LogP contribution in [0.3, 0.4) is 0 Å². The van der Waals surface area contributed by atoms with Gasteiger partial charge in [0.2, 0.25) is 0 Å². The fraction of sp³-hybridized carbons (Fsp3) is 0.214. The van der Waals surface area contributed by atoms with Crippen molar-refractivity contribution < 1.29 is 14.1 Å². The minimum atomic E-state index is -0.556. The second kappa shape index (κ2) is 6.56. The summed E-state index contributed by atoms with van der Waals surface area (Å²) in [5.74, 6) is 0.0618. The highest BCUT2D eigenvalue weighted by Crippen LogP contribution is 2.28. The largest absolute Gasteiger partial charge is 0.467 e. The Morgan fingerprint density at radius 3 is 2.76 bits per heavy atom. The van der Waals surface area contributed by atoms with Crippen LogP contribution in [0.5, 0.6) is 0 Å². The molecule has 0 aliphatic rings. The summed E-state index contributed by atoms with van der Waals surface area (Å²) in [6.07, 6.45) is 1.50. The Balaban J connectivity index is 2.23. The summed E-state index contributed by atoms with van der Waals surface area (Å²) in [5.41, 5.74) is 0.120. The molecule has 110 valence electrons. The predicted octanol–water partition coefficient (Wildman–Crippen LogP) is 2.55. The molecule has 1 heterocycles. The monoisotopic (exact) mass is 289 g/mol. The van der Waals surface area contributed by atoms with Gasteiger partial charge in [0.05, 0.1) is 17.7 Å². The maximum Gasteiger partial charge on any atom is 0.305 e. The Bertz CT molecular complexity index is 638. The van der Waals surface area contributed by atoms with E-state index in [-0.39, 0.29) is 17.8 Å². The number of nitro groups is 1. The molecular formula is C14H15N3O4. The number of benzene rings is 1. The van der Waals surface area contributed by atoms with E-state index in [9.17, 15) is 14.9 Å². The normalized spacial score (nSPS) is 10.1. The number of furan rings is 1. The summed E-state index contributed by atoms with van der Waals surface area (Å²) >= 11 is 0. The average Bonchev–Trinajstić information content (AvgIpc) is 2.98. The third kappa shape index (κ3) is 3.38. The van der Waals surface area contributed by atoms with Gasteiger partial charge in [0.15, 0.2) is 0 Å². The van der Waals surface area contributed by atoms with Gasteiger partial charge in [-0.2, -0.15) is 0 Å². The van der Waals surface area contributed by atoms with E-state index in [1.165, 1.54) is 12.3 Å². The van der Waals surface area contributed by atoms with Crippen molar-refractivity contribution in [3.63, 3.8) is 0 Å². The lowest BCUT2D eigenvalue weighted by molar-refractivity contribution is -0.384. The van der Waals surface area contributed by atoms with Crippen molar-refractivity contribution in [2.24, 2.45) is 0 Å². The molecule has 0 bridgehead atoms. The van der Waals surface area contributed by atoms with Crippen LogP contribution in [-0.4, -0.2) is 17.4 Å². The first-order valence-electron chi connectivity index (χ1n) is 6.45. The van der Waals surface area contributed by atoms with Gasteiger partial charge in [-0.15, -0.1) is 0 Å². The van der Waals surface area contributed by atoms with E-state index in [0.29, 0.717) is 18.0 Å². The molecule has 0 saturated carbocycles. The summed E-state index contributed by atoms with van der Waals surface area (Å²) in [7, 11) is 0. The van der Waals surface area contributed by atoms with E-state index in [0.717, 1.165) is 0 Å². The first kappa shape index (κ1) is 14.6. The number of carbonyl (C=O) groups is 1. The average molecular weight is 289 g/mol. The highest BCUT2D eigenvalue weighted by Gasteiger charge is 2.24. The Labute approximate surface area is 121 Å². The zero-order valence-corrected chi connectivity index (χ0v) is 11.5. The lowest BCUT2D eigenvalue weighted by atomic mass is 10.1. The van der Waals surface area contributed by atoms with Gasteiger partial charge in [0.1, 0.15) is 17.0 Å². The molecule has 0 radical (unpaired) electrons. The number of anilines is 1. The molecule has 0 atom stereocenters. The van der Waals surface area contributed by atoms with Gasteiger partial charge >= 0.3 is 5.69 Å². The van der Waals surface area contributed by atoms with Crippen molar-refractivity contribution in [1.29, 1.82) is 0 Å². The van der Waals surface area contributed by atoms with Gasteiger partial charge in [0, 0.05) is 6.54 Å². The van der Waals surface area contributed by atoms with Gasteiger partial charge in [-0.25, -0.2) is 0 Å². The minimum Gasteiger partial charge on any atom is -0.467 e. The van der Waals surface area contributed by atoms with Gasteiger partial charge < -0.3 is 15.1 Å². The van der Waals surface area contributed by atoms with Crippen molar-refractivity contribution in [1.82, 2.24) is 5.32 Å². The highest BCUT2D eigenvalue weighted by molar-refractivity contribution is 6.00. The van der Waals surface area contributed by atoms with E-state index < -0.39 is 10.8 Å². The number of nitrogens with one attached hydrogen (secondary N) is 2. The molecule has 7 nitrogen and oxygen atoms in total. The van der Waals surface area contributed by atoms with Gasteiger partial charge in [-0.3, -0.25) is 14.9 Å². The van der Waals surface area contributed by atoms with E-state index in [2.05, 4.69) is 10.6 Å². The lowest BCUT2D eigenvalue weighted by Gasteiger charge is -2.09. The van der Waals surface area contributed by atoms with Crippen LogP contribution in [0, 0.1) is 10.1 Å². The molecule has 2 rings (SSSR count). The molecule has 7 heteroatoms. The Morgan fingerprint density at radius 1 is 1.33 bits per heavy atom. The molecule has 0 aliphatic carbocycles. The number of amides is 1. The number of rotatable bonds is 6. The van der Waals surface area contributed by atoms with Gasteiger partial charge in [0.25, 0.3) is 5.91 Å². The molecule has 1 aromatic heterocycles. The fourth-order valence-corrected chi connectivity index (χ4v) is 1.93. The van der Waals surface area contributed by atoms with Crippen LogP contribution in [-0.2, 0) is 6.54 Å². The molecule has 0 unspecified atom stereocenters. The van der Waals surface area contributed by atoms with Crippen LogP contribution in [0.1, 0.15) is 23.0 Å². The zero-order chi connectivity index (χ0) is 15.2. The highest BCUT2D eigenvalue weighted by atomic mass is 16.6. The molecule has 2 aromatic rings. The number of para-hydroxylation sites is 1. The minimum absolute atomic E-state index is 0.0185. The molecule has 0 saturated heterocycles. The quantitative estimate of drug-likeness (QED) is 0.629. The molecule has 2 N–H and O–H groups in total. The number of carbonyl (C=O) groups excluding carboxylic acids is 1. The Morgan fingerprint density at radius 2 is 2.14 bits per heavy atom. The molecule has 1 amide bonds. The van der Waals surface area contributed by atoms with Crippen molar-refractivity contribution >= 4 is 17.3 Å². The zero-order valence-electron chi connectivity index (χ0n) is 11.5. The van der Waals surface area contributed by atoms with Gasteiger partial charge in [-0.1, -0.05) is 6.07 Å². The summed E-state index contributed by atoms with van der Waals surface area (Å²) < 4.78 is 5.10. The lowest BCUT2D eigenvalue weighted by Crippen LogP contribution is -2.23. The van der Waals surface area contributed by atoms with Crippen molar-refractivity contribution in [3.05, 3.63) is 58.0 Å². The number of hydrogen-bond donors (Lipinski definition) is 2. The van der Waals surface area contributed by atoms with E-state index in [1.54, 1.807) is 24.3 Å². The Kier molecular flexibility index (Phi) is 4.55. The maximum atomic E-state index is 12.1. The summed E-state index contributed by atoms with van der Waals surface area (Å²) in [6, 6.07) is 8.02. The molecule has 0 spiro atoms. The van der Waals surface area contributed by atoms with Crippen LogP contribution in [0.25, 0.3) is 0 Å². The third-order valence-electron chi connectivity index (χ3n) is 2.83. The standard InChI is InChI=1S/C14H15N3O4/c1-2-15-12-7-3-6-11(13(12)17(19)20)14(18)16-9-10-5-4-8-21-10/h3-8,15H,2,9H2,1H3,(H,16,18). The molecular weight excluding hydrogens is 274 g/mol. The fourth-order valence-electron chi connectivity index (χ4n) is 1.93. The van der Waals surface area contributed by atoms with E-state index in [4.69, 9.17) is 4.42 Å². The van der Waals surface area contributed by atoms with E-state index >= 15 is 0 Å². The van der Waals surface area contributed by atoms with Crippen molar-refractivity contribution in [3.8, 4) is 0 Å². The molecule has 21 heavy (non-hydrogen) atoms. The summed E-state index contributed by atoms with van der Waals surface area (Å²) in [5, 5.41) is 16.7. The first-order chi connectivity index (χ1) is 10.1. The second-order valence-electron chi connectivity index (χ2n) is 4.25. The topological polar surface area (TPSA) is 97.4 Å². The predicted molar refractivity (Wildman–Crippen MR) is 77.1 cm³/mol. The van der Waals surface area contributed by atoms with Crippen LogP contribution in [0.2, 0.25) is 0 Å². The first-order valence-corrected chi connectivity index (χ1v) is 6.45. The summed E-state index contributed by atoms with van der Waals surface area (Å²) in [6.45, 7) is 2.53. The van der Waals surface area contributed by atoms with Crippen molar-refractivity contribution in [2.75, 3.05) is 11.9 Å². The van der Waals surface area contributed by atoms with Crippen LogP contribution in [0.4, 0.5) is 11.4 Å². The molecule has 1 aromatic carbocycles. The number of hydrogen-bond acceptors (Lipinski definition) is 5. The number of nitrogens with zero attached hydrogens (tertiary/aromatic N) is 1. The van der Waals surface area contributed by atoms with Crippen LogP contribution in [0.15, 0.2) is 41.0 Å². The smallest absolute Gasteiger partial charge is 0.305 e. The SMILES string of the molecule is CCNc1cccc(C(=O)NCc2ccco2)c1[N+](=O)[O-]. The molecule has 0 fully saturated rings. The Hall–Kier alpha value is -2.83. The van der Waals surface area contributed by atoms with Gasteiger partial charge in [-0.05, 0) is 31.2 Å². The maximum absolute atomic E-state index is 12.1. The van der Waals surface area contributed by atoms with Crippen LogP contribution >= 0.6 is 0 Å². The van der Waals surface area contributed by atoms with Crippen LogP contribution < -0.4 is 10.6 Å². The summed E-state index contributed by atoms with van der Waals surface area (Å²) in [4.78, 5) is 22.8. The molecule has 0 aliphatic heterocycles. The number of nitro benzene ring substituents is 1. The second-order valence-corrected chi connectivity index (χ2v) is 4.25. The van der Waals surface area contributed by atoms with Crippen molar-refractivity contribution in [2.45, 2.75) is 13.5 Å².